The molecular weight excluding hydrogens is 461 g/mol. The fraction of sp³-hybridized carbons (Fsp3) is 0.480. The van der Waals surface area contributed by atoms with Crippen LogP contribution in [0.1, 0.15) is 61.6 Å². The van der Waals surface area contributed by atoms with Crippen molar-refractivity contribution in [3.8, 4) is 0 Å². The van der Waals surface area contributed by atoms with Crippen LogP contribution in [0.4, 0.5) is 18.9 Å². The maximum atomic E-state index is 12.7. The Morgan fingerprint density at radius 3 is 2.43 bits per heavy atom. The first-order valence-corrected chi connectivity index (χ1v) is 11.6. The number of aromatic nitrogens is 1. The van der Waals surface area contributed by atoms with Gasteiger partial charge in [0.2, 0.25) is 5.91 Å². The van der Waals surface area contributed by atoms with Gasteiger partial charge in [-0.15, -0.1) is 0 Å². The van der Waals surface area contributed by atoms with Gasteiger partial charge < -0.3 is 15.8 Å². The number of nitrogens with one attached hydrogen (secondary N) is 2. The van der Waals surface area contributed by atoms with E-state index in [1.54, 1.807) is 18.2 Å². The molecule has 3 rings (SSSR count). The Morgan fingerprint density at radius 1 is 1.14 bits per heavy atom. The molecule has 0 spiro atoms. The molecule has 190 valence electrons. The molecule has 2 N–H and O–H groups in total. The summed E-state index contributed by atoms with van der Waals surface area (Å²) in [5.41, 5.74) is -0.412. The highest BCUT2D eigenvalue weighted by Gasteiger charge is 2.34. The number of hydrogen-bond acceptors (Lipinski definition) is 4. The standard InChI is InChI=1S/C25H31F3N4O3/c1-4-24(2,3)30-22(33)18-10-12-31(13-11-18)15-17-6-5-7-20(14-17)29-23(34)21-9-8-19(16-32(21)35)25(26,27)28/h5-9,14,16,18H,4,10-13,15H2,1-3H3,(H,29,34)(H,30,33). The predicted octanol–water partition coefficient (Wildman–Crippen LogP) is 4.11. The third kappa shape index (κ3) is 7.17. The minimum atomic E-state index is -4.67. The summed E-state index contributed by atoms with van der Waals surface area (Å²) in [6, 6.07) is 8.64. The van der Waals surface area contributed by atoms with Crippen molar-refractivity contribution in [2.45, 2.75) is 58.3 Å². The minimum Gasteiger partial charge on any atom is -0.618 e. The summed E-state index contributed by atoms with van der Waals surface area (Å²) < 4.78 is 38.2. The van der Waals surface area contributed by atoms with E-state index in [4.69, 9.17) is 0 Å². The molecule has 1 fully saturated rings. The number of hydrogen-bond donors (Lipinski definition) is 2. The van der Waals surface area contributed by atoms with Crippen molar-refractivity contribution in [1.82, 2.24) is 10.2 Å². The number of anilines is 1. The van der Waals surface area contributed by atoms with Crippen molar-refractivity contribution >= 4 is 17.5 Å². The number of pyridine rings is 1. The van der Waals surface area contributed by atoms with E-state index in [9.17, 15) is 28.0 Å². The Bertz CT molecular complexity index is 1060. The molecule has 0 saturated carbocycles. The number of carbonyl (C=O) groups is 2. The van der Waals surface area contributed by atoms with E-state index in [0.717, 1.165) is 44.0 Å². The molecule has 7 nitrogen and oxygen atoms in total. The average Bonchev–Trinajstić information content (AvgIpc) is 2.78. The number of carbonyl (C=O) groups excluding carboxylic acids is 2. The van der Waals surface area contributed by atoms with Crippen LogP contribution in [0.15, 0.2) is 42.6 Å². The molecule has 2 aromatic rings. The highest BCUT2D eigenvalue weighted by molar-refractivity contribution is 6.01. The fourth-order valence-electron chi connectivity index (χ4n) is 3.90. The van der Waals surface area contributed by atoms with Crippen LogP contribution in [-0.2, 0) is 17.5 Å². The van der Waals surface area contributed by atoms with Crippen LogP contribution in [0, 0.1) is 11.1 Å². The normalized spacial score (nSPS) is 15.6. The lowest BCUT2D eigenvalue weighted by molar-refractivity contribution is -0.608. The van der Waals surface area contributed by atoms with Crippen molar-refractivity contribution < 1.29 is 27.5 Å². The zero-order chi connectivity index (χ0) is 25.8. The molecule has 2 amide bonds. The molecule has 1 saturated heterocycles. The zero-order valence-electron chi connectivity index (χ0n) is 20.1. The highest BCUT2D eigenvalue weighted by Crippen LogP contribution is 2.28. The highest BCUT2D eigenvalue weighted by atomic mass is 19.4. The minimum absolute atomic E-state index is 0.00906. The van der Waals surface area contributed by atoms with E-state index in [-0.39, 0.29) is 22.1 Å². The molecule has 0 aliphatic carbocycles. The van der Waals surface area contributed by atoms with Gasteiger partial charge in [0.15, 0.2) is 6.20 Å². The summed E-state index contributed by atoms with van der Waals surface area (Å²) in [7, 11) is 0. The van der Waals surface area contributed by atoms with Crippen LogP contribution >= 0.6 is 0 Å². The molecule has 1 aliphatic rings. The lowest BCUT2D eigenvalue weighted by Gasteiger charge is -2.33. The van der Waals surface area contributed by atoms with Gasteiger partial charge in [-0.3, -0.25) is 14.5 Å². The number of benzene rings is 1. The van der Waals surface area contributed by atoms with E-state index in [2.05, 4.69) is 15.5 Å². The summed E-state index contributed by atoms with van der Waals surface area (Å²) in [6.45, 7) is 8.23. The van der Waals surface area contributed by atoms with Crippen LogP contribution in [0.5, 0.6) is 0 Å². The molecule has 35 heavy (non-hydrogen) atoms. The molecule has 10 heteroatoms. The van der Waals surface area contributed by atoms with Crippen LogP contribution in [-0.4, -0.2) is 35.3 Å². The largest absolute Gasteiger partial charge is 0.618 e. The Hall–Kier alpha value is -3.14. The van der Waals surface area contributed by atoms with Gasteiger partial charge >= 0.3 is 12.1 Å². The van der Waals surface area contributed by atoms with Crippen LogP contribution in [0.25, 0.3) is 0 Å². The molecule has 0 unspecified atom stereocenters. The Morgan fingerprint density at radius 2 is 1.83 bits per heavy atom. The van der Waals surface area contributed by atoms with Crippen molar-refractivity contribution in [3.05, 3.63) is 64.6 Å². The molecular formula is C25H31F3N4O3. The van der Waals surface area contributed by atoms with Crippen LogP contribution in [0.2, 0.25) is 0 Å². The Labute approximate surface area is 202 Å². The Balaban J connectivity index is 1.57. The van der Waals surface area contributed by atoms with Crippen LogP contribution < -0.4 is 15.4 Å². The third-order valence-electron chi connectivity index (χ3n) is 6.37. The van der Waals surface area contributed by atoms with Gasteiger partial charge in [-0.25, -0.2) is 0 Å². The number of amides is 2. The smallest absolute Gasteiger partial charge is 0.422 e. The van der Waals surface area contributed by atoms with Gasteiger partial charge in [-0.2, -0.15) is 17.9 Å². The average molecular weight is 493 g/mol. The second-order valence-corrected chi connectivity index (χ2v) is 9.56. The van der Waals surface area contributed by atoms with Crippen molar-refractivity contribution in [3.63, 3.8) is 0 Å². The molecule has 0 atom stereocenters. The molecule has 0 radical (unpaired) electrons. The first kappa shape index (κ1) is 26.5. The topological polar surface area (TPSA) is 88.4 Å². The predicted molar refractivity (Wildman–Crippen MR) is 125 cm³/mol. The lowest BCUT2D eigenvalue weighted by Crippen LogP contribution is -2.48. The summed E-state index contributed by atoms with van der Waals surface area (Å²) in [5, 5.41) is 17.6. The number of nitrogens with zero attached hydrogens (tertiary/aromatic N) is 2. The van der Waals surface area contributed by atoms with Gasteiger partial charge in [0, 0.05) is 29.8 Å². The summed E-state index contributed by atoms with van der Waals surface area (Å²) in [4.78, 5) is 27.2. The van der Waals surface area contributed by atoms with E-state index in [1.165, 1.54) is 0 Å². The van der Waals surface area contributed by atoms with Crippen LogP contribution in [0.3, 0.4) is 0 Å². The van der Waals surface area contributed by atoms with E-state index in [0.29, 0.717) is 24.5 Å². The summed E-state index contributed by atoms with van der Waals surface area (Å²) in [6.07, 6.45) is -1.94. The second-order valence-electron chi connectivity index (χ2n) is 9.56. The molecule has 1 aromatic heterocycles. The maximum Gasteiger partial charge on any atom is 0.422 e. The van der Waals surface area contributed by atoms with Gasteiger partial charge in [-0.1, -0.05) is 19.1 Å². The molecule has 2 heterocycles. The van der Waals surface area contributed by atoms with Crippen molar-refractivity contribution in [1.29, 1.82) is 0 Å². The van der Waals surface area contributed by atoms with E-state index in [1.807, 2.05) is 26.8 Å². The fourth-order valence-corrected chi connectivity index (χ4v) is 3.90. The number of piperidine rings is 1. The van der Waals surface area contributed by atoms with Crippen molar-refractivity contribution in [2.24, 2.45) is 5.92 Å². The maximum absolute atomic E-state index is 12.7. The molecule has 1 aliphatic heterocycles. The van der Waals surface area contributed by atoms with Crippen molar-refractivity contribution in [2.75, 3.05) is 18.4 Å². The molecule has 0 bridgehead atoms. The van der Waals surface area contributed by atoms with Gasteiger partial charge in [0.25, 0.3) is 5.69 Å². The van der Waals surface area contributed by atoms with Gasteiger partial charge in [0.1, 0.15) is 5.56 Å². The summed E-state index contributed by atoms with van der Waals surface area (Å²) >= 11 is 0. The van der Waals surface area contributed by atoms with E-state index >= 15 is 0 Å². The van der Waals surface area contributed by atoms with Gasteiger partial charge in [0.05, 0.1) is 0 Å². The summed E-state index contributed by atoms with van der Waals surface area (Å²) in [5.74, 6) is -0.710. The number of alkyl halides is 3. The first-order chi connectivity index (χ1) is 16.4. The number of likely N-dealkylation sites (tertiary alicyclic amines) is 1. The number of rotatable bonds is 7. The second kappa shape index (κ2) is 10.6. The first-order valence-electron chi connectivity index (χ1n) is 11.6. The lowest BCUT2D eigenvalue weighted by atomic mass is 9.93. The monoisotopic (exact) mass is 492 g/mol. The number of halogens is 3. The zero-order valence-corrected chi connectivity index (χ0v) is 20.1. The van der Waals surface area contributed by atoms with E-state index < -0.39 is 23.3 Å². The third-order valence-corrected chi connectivity index (χ3v) is 6.37. The quantitative estimate of drug-likeness (QED) is 0.450. The molecule has 1 aromatic carbocycles. The SMILES string of the molecule is CCC(C)(C)NC(=O)C1CCN(Cc2cccc(NC(=O)c3ccc(C(F)(F)F)c[n+]3[O-])c2)CC1. The Kier molecular flexibility index (Phi) is 8.04. The van der Waals surface area contributed by atoms with Gasteiger partial charge in [-0.05, 0) is 70.0 Å².